The van der Waals surface area contributed by atoms with Crippen molar-refractivity contribution in [1.29, 1.82) is 0 Å². The van der Waals surface area contributed by atoms with Gasteiger partial charge in [0.15, 0.2) is 5.58 Å². The topological polar surface area (TPSA) is 55.1 Å². The number of fused-ring (bicyclic) bond motifs is 2. The molecule has 0 aliphatic rings. The van der Waals surface area contributed by atoms with Crippen LogP contribution in [0.3, 0.4) is 0 Å². The summed E-state index contributed by atoms with van der Waals surface area (Å²) in [6, 6.07) is 7.90. The van der Waals surface area contributed by atoms with Gasteiger partial charge in [-0.3, -0.25) is 0 Å². The first kappa shape index (κ1) is 13.2. The summed E-state index contributed by atoms with van der Waals surface area (Å²) in [4.78, 5) is 10.9. The highest BCUT2D eigenvalue weighted by Gasteiger charge is 2.15. The van der Waals surface area contributed by atoms with Gasteiger partial charge in [-0.05, 0) is 30.0 Å². The SMILES string of the molecule is Cc1csc2c(N(C)Cc3noc4ccccc34)ncnc12. The minimum atomic E-state index is 0.639. The predicted octanol–water partition coefficient (Wildman–Crippen LogP) is 3.78. The fourth-order valence-electron chi connectivity index (χ4n) is 2.58. The molecule has 0 aliphatic heterocycles. The van der Waals surface area contributed by atoms with E-state index in [9.17, 15) is 0 Å². The number of rotatable bonds is 3. The Hall–Kier alpha value is -2.47. The molecule has 0 bridgehead atoms. The molecule has 3 aromatic heterocycles. The fraction of sp³-hybridized carbons (Fsp3) is 0.188. The molecule has 0 fully saturated rings. The molecule has 22 heavy (non-hydrogen) atoms. The number of nitrogens with zero attached hydrogens (tertiary/aromatic N) is 4. The number of aryl methyl sites for hydroxylation is 1. The largest absolute Gasteiger partial charge is 0.356 e. The summed E-state index contributed by atoms with van der Waals surface area (Å²) in [6.45, 7) is 2.71. The second kappa shape index (κ2) is 5.06. The van der Waals surface area contributed by atoms with Gasteiger partial charge in [0, 0.05) is 12.4 Å². The van der Waals surface area contributed by atoms with Gasteiger partial charge >= 0.3 is 0 Å². The van der Waals surface area contributed by atoms with Gasteiger partial charge in [0.25, 0.3) is 0 Å². The number of benzene rings is 1. The molecule has 1 aromatic carbocycles. The maximum absolute atomic E-state index is 5.37. The molecule has 0 amide bonds. The zero-order valence-electron chi connectivity index (χ0n) is 12.3. The van der Waals surface area contributed by atoms with Gasteiger partial charge in [-0.2, -0.15) is 0 Å². The first-order valence-corrected chi connectivity index (χ1v) is 7.85. The maximum Gasteiger partial charge on any atom is 0.167 e. The van der Waals surface area contributed by atoms with Crippen molar-refractivity contribution in [3.8, 4) is 0 Å². The molecule has 4 aromatic rings. The Kier molecular flexibility index (Phi) is 3.04. The van der Waals surface area contributed by atoms with E-state index in [1.807, 2.05) is 31.3 Å². The second-order valence-corrected chi connectivity index (χ2v) is 6.15. The Morgan fingerprint density at radius 3 is 3.00 bits per heavy atom. The third-order valence-electron chi connectivity index (χ3n) is 3.71. The van der Waals surface area contributed by atoms with Gasteiger partial charge in [-0.15, -0.1) is 11.3 Å². The van der Waals surface area contributed by atoms with Crippen molar-refractivity contribution in [1.82, 2.24) is 15.1 Å². The average molecular weight is 310 g/mol. The van der Waals surface area contributed by atoms with Gasteiger partial charge in [-0.25, -0.2) is 9.97 Å². The number of thiophene rings is 1. The molecule has 0 unspecified atom stereocenters. The monoisotopic (exact) mass is 310 g/mol. The smallest absolute Gasteiger partial charge is 0.167 e. The molecule has 0 saturated carbocycles. The van der Waals surface area contributed by atoms with Gasteiger partial charge in [-0.1, -0.05) is 17.3 Å². The first-order chi connectivity index (χ1) is 10.7. The van der Waals surface area contributed by atoms with E-state index < -0.39 is 0 Å². The summed E-state index contributed by atoms with van der Waals surface area (Å²) in [5.74, 6) is 0.926. The minimum Gasteiger partial charge on any atom is -0.356 e. The maximum atomic E-state index is 5.37. The fourth-order valence-corrected chi connectivity index (χ4v) is 3.63. The number of hydrogen-bond donors (Lipinski definition) is 0. The van der Waals surface area contributed by atoms with Gasteiger partial charge in [0.1, 0.15) is 17.8 Å². The highest BCUT2D eigenvalue weighted by molar-refractivity contribution is 7.18. The lowest BCUT2D eigenvalue weighted by molar-refractivity contribution is 0.445. The van der Waals surface area contributed by atoms with Crippen LogP contribution in [0, 0.1) is 6.92 Å². The lowest BCUT2D eigenvalue weighted by atomic mass is 10.2. The minimum absolute atomic E-state index is 0.639. The summed E-state index contributed by atoms with van der Waals surface area (Å²) in [7, 11) is 2.01. The van der Waals surface area contributed by atoms with E-state index in [4.69, 9.17) is 4.52 Å². The van der Waals surface area contributed by atoms with Crippen LogP contribution in [0.5, 0.6) is 0 Å². The molecule has 0 atom stereocenters. The van der Waals surface area contributed by atoms with Gasteiger partial charge in [0.2, 0.25) is 0 Å². The quantitative estimate of drug-likeness (QED) is 0.576. The molecule has 4 rings (SSSR count). The van der Waals surface area contributed by atoms with Crippen molar-refractivity contribution in [3.63, 3.8) is 0 Å². The van der Waals surface area contributed by atoms with E-state index in [1.54, 1.807) is 17.7 Å². The Bertz CT molecular complexity index is 959. The highest BCUT2D eigenvalue weighted by Crippen LogP contribution is 2.31. The molecule has 0 aliphatic carbocycles. The summed E-state index contributed by atoms with van der Waals surface area (Å²) in [5, 5.41) is 7.35. The third kappa shape index (κ3) is 2.03. The molecule has 3 heterocycles. The molecule has 6 heteroatoms. The van der Waals surface area contributed by atoms with E-state index in [-0.39, 0.29) is 0 Å². The Morgan fingerprint density at radius 2 is 2.09 bits per heavy atom. The van der Waals surface area contributed by atoms with E-state index in [0.717, 1.165) is 32.7 Å². The predicted molar refractivity (Wildman–Crippen MR) is 88.3 cm³/mol. The molecule has 110 valence electrons. The zero-order chi connectivity index (χ0) is 15.1. The molecule has 5 nitrogen and oxygen atoms in total. The molecule has 0 spiro atoms. The van der Waals surface area contributed by atoms with Crippen LogP contribution in [0.1, 0.15) is 11.3 Å². The average Bonchev–Trinajstić information content (AvgIpc) is 3.12. The Labute approximate surface area is 131 Å². The van der Waals surface area contributed by atoms with E-state index in [0.29, 0.717) is 6.54 Å². The van der Waals surface area contributed by atoms with Crippen LogP contribution in [-0.4, -0.2) is 22.2 Å². The van der Waals surface area contributed by atoms with Gasteiger partial charge in [0.05, 0.1) is 16.8 Å². The van der Waals surface area contributed by atoms with Crippen molar-refractivity contribution < 1.29 is 4.52 Å². The standard InChI is InChI=1S/C16H14N4OS/c1-10-8-22-15-14(10)17-9-18-16(15)20(2)7-12-11-5-3-4-6-13(11)21-19-12/h3-6,8-9H,7H2,1-2H3. The number of aromatic nitrogens is 3. The first-order valence-electron chi connectivity index (χ1n) is 6.97. The third-order valence-corrected chi connectivity index (χ3v) is 4.80. The zero-order valence-corrected chi connectivity index (χ0v) is 13.1. The van der Waals surface area contributed by atoms with E-state index in [2.05, 4.69) is 32.3 Å². The van der Waals surface area contributed by atoms with Crippen LogP contribution in [0.2, 0.25) is 0 Å². The Balaban J connectivity index is 1.73. The number of para-hydroxylation sites is 1. The summed E-state index contributed by atoms with van der Waals surface area (Å²) in [6.07, 6.45) is 1.62. The van der Waals surface area contributed by atoms with Crippen molar-refractivity contribution in [3.05, 3.63) is 47.2 Å². The Morgan fingerprint density at radius 1 is 1.23 bits per heavy atom. The molecule has 0 radical (unpaired) electrons. The molecule has 0 N–H and O–H groups in total. The van der Waals surface area contributed by atoms with Gasteiger partial charge < -0.3 is 9.42 Å². The molecular formula is C16H14N4OS. The van der Waals surface area contributed by atoms with Crippen molar-refractivity contribution in [2.75, 3.05) is 11.9 Å². The van der Waals surface area contributed by atoms with Crippen molar-refractivity contribution in [2.24, 2.45) is 0 Å². The van der Waals surface area contributed by atoms with Crippen LogP contribution in [0.15, 0.2) is 40.5 Å². The van der Waals surface area contributed by atoms with Crippen LogP contribution >= 0.6 is 11.3 Å². The molecular weight excluding hydrogens is 296 g/mol. The van der Waals surface area contributed by atoms with Crippen molar-refractivity contribution in [2.45, 2.75) is 13.5 Å². The second-order valence-electron chi connectivity index (χ2n) is 5.28. The van der Waals surface area contributed by atoms with E-state index >= 15 is 0 Å². The normalized spacial score (nSPS) is 11.4. The lowest BCUT2D eigenvalue weighted by Gasteiger charge is -2.17. The summed E-state index contributed by atoms with van der Waals surface area (Å²) >= 11 is 1.67. The van der Waals surface area contributed by atoms with Crippen LogP contribution in [-0.2, 0) is 6.54 Å². The van der Waals surface area contributed by atoms with Crippen LogP contribution < -0.4 is 4.90 Å². The van der Waals surface area contributed by atoms with Crippen LogP contribution in [0.4, 0.5) is 5.82 Å². The highest BCUT2D eigenvalue weighted by atomic mass is 32.1. The summed E-state index contributed by atoms with van der Waals surface area (Å²) < 4.78 is 6.48. The summed E-state index contributed by atoms with van der Waals surface area (Å²) in [5.41, 5.74) is 3.93. The van der Waals surface area contributed by atoms with Crippen LogP contribution in [0.25, 0.3) is 21.2 Å². The van der Waals surface area contributed by atoms with E-state index in [1.165, 1.54) is 5.56 Å². The molecule has 0 saturated heterocycles. The van der Waals surface area contributed by atoms with Crippen molar-refractivity contribution >= 4 is 38.3 Å². The lowest BCUT2D eigenvalue weighted by Crippen LogP contribution is -2.18. The number of hydrogen-bond acceptors (Lipinski definition) is 6. The number of anilines is 1.